The highest BCUT2D eigenvalue weighted by Crippen LogP contribution is 1.52. The molecule has 0 aliphatic carbocycles. The Hall–Kier alpha value is -1.97. The number of ketones is 2. The Bertz CT molecular complexity index is 229. The van der Waals surface area contributed by atoms with Crippen molar-refractivity contribution < 1.29 is 14.4 Å². The smallest absolute Gasteiger partial charge is 0.240 e. The van der Waals surface area contributed by atoms with Crippen LogP contribution >= 0.6 is 0 Å². The standard InChI is InChI=1S/C4H6.C3H5NO.2C3H6O/c1-3-4-2;1-2-3(4)5;2*1-3(2)4/h3-4H,1-2H2;2H,1H2,(H2,4,5);2*1-2H3. The van der Waals surface area contributed by atoms with E-state index in [1.807, 2.05) is 0 Å². The molecule has 1 amide bonds. The summed E-state index contributed by atoms with van der Waals surface area (Å²) in [5.41, 5.74) is 4.53. The van der Waals surface area contributed by atoms with Crippen LogP contribution in [-0.4, -0.2) is 17.5 Å². The van der Waals surface area contributed by atoms with E-state index in [2.05, 4.69) is 25.5 Å². The fourth-order valence-electron chi connectivity index (χ4n) is 0. The van der Waals surface area contributed by atoms with Crippen LogP contribution in [0.25, 0.3) is 0 Å². The minimum atomic E-state index is -0.481. The molecule has 2 N–H and O–H groups in total. The van der Waals surface area contributed by atoms with Crippen molar-refractivity contribution in [2.45, 2.75) is 27.7 Å². The summed E-state index contributed by atoms with van der Waals surface area (Å²) in [5, 5.41) is 0. The summed E-state index contributed by atoms with van der Waals surface area (Å²) in [6, 6.07) is 0. The highest BCUT2D eigenvalue weighted by Gasteiger charge is 1.69. The largest absolute Gasteiger partial charge is 0.366 e. The number of rotatable bonds is 2. The van der Waals surface area contributed by atoms with Crippen LogP contribution in [0.4, 0.5) is 0 Å². The second-order valence-corrected chi connectivity index (χ2v) is 2.89. The third kappa shape index (κ3) is 1910. The molecule has 0 saturated carbocycles. The van der Waals surface area contributed by atoms with Gasteiger partial charge in [0.05, 0.1) is 0 Å². The fraction of sp³-hybridized carbons (Fsp3) is 0.308. The van der Waals surface area contributed by atoms with E-state index in [1.54, 1.807) is 12.2 Å². The van der Waals surface area contributed by atoms with E-state index in [1.165, 1.54) is 27.7 Å². The van der Waals surface area contributed by atoms with Crippen molar-refractivity contribution in [3.63, 3.8) is 0 Å². The van der Waals surface area contributed by atoms with Crippen LogP contribution in [0, 0.1) is 0 Å². The first-order valence-corrected chi connectivity index (χ1v) is 4.75. The zero-order valence-corrected chi connectivity index (χ0v) is 11.2. The SMILES string of the molecule is C=CC(N)=O.C=CC=C.CC(C)=O.CC(C)=O. The van der Waals surface area contributed by atoms with Gasteiger partial charge in [0.2, 0.25) is 5.91 Å². The summed E-state index contributed by atoms with van der Waals surface area (Å²) in [6.45, 7) is 15.9. The normalized spacial score (nSPS) is 6.12. The molecule has 0 aromatic heterocycles. The Morgan fingerprint density at radius 1 is 0.824 bits per heavy atom. The van der Waals surface area contributed by atoms with Gasteiger partial charge in [0.15, 0.2) is 0 Å². The van der Waals surface area contributed by atoms with Gasteiger partial charge in [-0.25, -0.2) is 0 Å². The average Bonchev–Trinajstić information content (AvgIpc) is 2.16. The molecule has 17 heavy (non-hydrogen) atoms. The summed E-state index contributed by atoms with van der Waals surface area (Å²) >= 11 is 0. The van der Waals surface area contributed by atoms with Gasteiger partial charge in [-0.3, -0.25) is 4.79 Å². The number of amides is 1. The Morgan fingerprint density at radius 3 is 0.941 bits per heavy atom. The van der Waals surface area contributed by atoms with Gasteiger partial charge in [-0.2, -0.15) is 0 Å². The molecular weight excluding hydrogens is 218 g/mol. The molecule has 0 aliphatic rings. The molecule has 4 heteroatoms. The Balaban J connectivity index is -0.0000000667. The van der Waals surface area contributed by atoms with Crippen LogP contribution in [0.5, 0.6) is 0 Å². The predicted molar refractivity (Wildman–Crippen MR) is 72.5 cm³/mol. The third-order valence-electron chi connectivity index (χ3n) is 0.368. The number of Topliss-reactive ketones (excluding diaryl/α,β-unsaturated/α-hetero) is 2. The molecular formula is C13H23NO3. The van der Waals surface area contributed by atoms with Crippen molar-refractivity contribution in [3.05, 3.63) is 38.0 Å². The molecule has 98 valence electrons. The molecule has 0 aromatic carbocycles. The van der Waals surface area contributed by atoms with E-state index in [4.69, 9.17) is 0 Å². The summed E-state index contributed by atoms with van der Waals surface area (Å²) in [7, 11) is 0. The molecule has 0 heterocycles. The second-order valence-electron chi connectivity index (χ2n) is 2.89. The number of hydrogen-bond acceptors (Lipinski definition) is 3. The quantitative estimate of drug-likeness (QED) is 0.594. The summed E-state index contributed by atoms with van der Waals surface area (Å²) < 4.78 is 0. The number of nitrogens with two attached hydrogens (primary N) is 1. The third-order valence-corrected chi connectivity index (χ3v) is 0.368. The minimum Gasteiger partial charge on any atom is -0.366 e. The minimum absolute atomic E-state index is 0.167. The molecule has 0 atom stereocenters. The van der Waals surface area contributed by atoms with Gasteiger partial charge in [-0.1, -0.05) is 31.9 Å². The van der Waals surface area contributed by atoms with Crippen LogP contribution in [0.3, 0.4) is 0 Å². The van der Waals surface area contributed by atoms with Crippen molar-refractivity contribution in [3.8, 4) is 0 Å². The fourth-order valence-corrected chi connectivity index (χ4v) is 0. The number of carbonyl (C=O) groups is 3. The lowest BCUT2D eigenvalue weighted by atomic mass is 10.6. The van der Waals surface area contributed by atoms with Crippen LogP contribution < -0.4 is 5.73 Å². The average molecular weight is 241 g/mol. The summed E-state index contributed by atoms with van der Waals surface area (Å²) in [4.78, 5) is 28.4. The van der Waals surface area contributed by atoms with E-state index in [0.29, 0.717) is 0 Å². The molecule has 0 unspecified atom stereocenters. The maximum absolute atomic E-state index is 9.47. The zero-order valence-electron chi connectivity index (χ0n) is 11.2. The summed E-state index contributed by atoms with van der Waals surface area (Å²) in [5.74, 6) is -0.148. The first-order valence-electron chi connectivity index (χ1n) is 4.75. The number of primary amides is 1. The van der Waals surface area contributed by atoms with Gasteiger partial charge in [-0.15, -0.1) is 0 Å². The van der Waals surface area contributed by atoms with Crippen LogP contribution in [0.1, 0.15) is 27.7 Å². The van der Waals surface area contributed by atoms with Gasteiger partial charge in [0, 0.05) is 0 Å². The van der Waals surface area contributed by atoms with Gasteiger partial charge < -0.3 is 15.3 Å². The maximum atomic E-state index is 9.47. The van der Waals surface area contributed by atoms with Crippen molar-refractivity contribution in [2.75, 3.05) is 0 Å². The van der Waals surface area contributed by atoms with Crippen molar-refractivity contribution in [1.29, 1.82) is 0 Å². The zero-order chi connectivity index (χ0) is 14.9. The lowest BCUT2D eigenvalue weighted by molar-refractivity contribution is -0.115. The number of allylic oxidation sites excluding steroid dienone is 2. The Labute approximate surface area is 104 Å². The topological polar surface area (TPSA) is 77.2 Å². The lowest BCUT2D eigenvalue weighted by Crippen LogP contribution is -2.04. The van der Waals surface area contributed by atoms with Crippen LogP contribution in [-0.2, 0) is 14.4 Å². The van der Waals surface area contributed by atoms with Crippen molar-refractivity contribution in [2.24, 2.45) is 5.73 Å². The second kappa shape index (κ2) is 23.7. The molecule has 0 aliphatic heterocycles. The van der Waals surface area contributed by atoms with Crippen LogP contribution in [0.15, 0.2) is 38.0 Å². The van der Waals surface area contributed by atoms with Crippen molar-refractivity contribution in [1.82, 2.24) is 0 Å². The summed E-state index contributed by atoms with van der Waals surface area (Å²) in [6.07, 6.45) is 4.33. The molecule has 0 bridgehead atoms. The Kier molecular flexibility index (Phi) is 33.9. The van der Waals surface area contributed by atoms with Gasteiger partial charge in [0.25, 0.3) is 0 Å². The van der Waals surface area contributed by atoms with Crippen LogP contribution in [0.2, 0.25) is 0 Å². The number of hydrogen-bond donors (Lipinski definition) is 1. The molecule has 0 saturated heterocycles. The van der Waals surface area contributed by atoms with E-state index in [0.717, 1.165) is 6.08 Å². The molecule has 0 aromatic rings. The van der Waals surface area contributed by atoms with E-state index in [-0.39, 0.29) is 11.6 Å². The predicted octanol–water partition coefficient (Wildman–Crippen LogP) is 2.21. The molecule has 4 nitrogen and oxygen atoms in total. The highest BCUT2D eigenvalue weighted by atomic mass is 16.1. The van der Waals surface area contributed by atoms with E-state index < -0.39 is 5.91 Å². The highest BCUT2D eigenvalue weighted by molar-refractivity contribution is 5.84. The molecule has 0 spiro atoms. The Morgan fingerprint density at radius 2 is 0.941 bits per heavy atom. The van der Waals surface area contributed by atoms with Gasteiger partial charge in [0.1, 0.15) is 11.6 Å². The first kappa shape index (κ1) is 24.3. The van der Waals surface area contributed by atoms with E-state index >= 15 is 0 Å². The molecule has 0 rings (SSSR count). The molecule has 0 fully saturated rings. The monoisotopic (exact) mass is 241 g/mol. The van der Waals surface area contributed by atoms with E-state index in [9.17, 15) is 14.4 Å². The maximum Gasteiger partial charge on any atom is 0.240 e. The van der Waals surface area contributed by atoms with Gasteiger partial charge >= 0.3 is 0 Å². The molecule has 0 radical (unpaired) electrons. The first-order chi connectivity index (χ1) is 7.65. The van der Waals surface area contributed by atoms with Gasteiger partial charge in [-0.05, 0) is 33.8 Å². The van der Waals surface area contributed by atoms with Crippen molar-refractivity contribution >= 4 is 17.5 Å². The number of carbonyl (C=O) groups excluding carboxylic acids is 3. The lowest BCUT2D eigenvalue weighted by Gasteiger charge is -1.65.